The predicted molar refractivity (Wildman–Crippen MR) is 132 cm³/mol. The van der Waals surface area contributed by atoms with Crippen LogP contribution in [-0.2, 0) is 0 Å². The Kier molecular flexibility index (Phi) is 14.5. The normalized spacial score (nSPS) is 15.3. The second kappa shape index (κ2) is 16.5. The van der Waals surface area contributed by atoms with Gasteiger partial charge < -0.3 is 9.80 Å². The summed E-state index contributed by atoms with van der Waals surface area (Å²) in [4.78, 5) is 8.49. The minimum absolute atomic E-state index is 0.967. The van der Waals surface area contributed by atoms with Crippen molar-refractivity contribution in [3.8, 4) is 0 Å². The molecule has 0 saturated heterocycles. The molecule has 0 radical (unpaired) electrons. The molecule has 0 spiro atoms. The monoisotopic (exact) mass is 417 g/mol. The molecule has 0 aromatic rings. The van der Waals surface area contributed by atoms with Crippen molar-refractivity contribution in [2.24, 2.45) is 4.99 Å². The molecule has 0 bridgehead atoms. The van der Waals surface area contributed by atoms with Crippen molar-refractivity contribution in [1.29, 1.82) is 0 Å². The Hall–Kier alpha value is -1.43. The fraction of sp³-hybridized carbons (Fsp3) is 0.435. The smallest absolute Gasteiger partial charge is 0.0360 e. The molecule has 0 fully saturated rings. The van der Waals surface area contributed by atoms with E-state index in [-0.39, 0.29) is 0 Å². The van der Waals surface area contributed by atoms with Gasteiger partial charge in [-0.05, 0) is 50.7 Å². The first kappa shape index (κ1) is 24.6. The minimum atomic E-state index is 0.967. The summed E-state index contributed by atoms with van der Waals surface area (Å²) in [6, 6.07) is 0. The number of likely N-dealkylation sites (N-methyl/N-ethyl adjacent to an activating group) is 1. The lowest BCUT2D eigenvalue weighted by atomic mass is 10.1. The third-order valence-corrected chi connectivity index (χ3v) is 6.44. The summed E-state index contributed by atoms with van der Waals surface area (Å²) in [6.45, 7) is 2.24. The molecule has 0 saturated carbocycles. The maximum atomic E-state index is 3.90. The first-order chi connectivity index (χ1) is 13.6. The number of rotatable bonds is 13. The zero-order chi connectivity index (χ0) is 20.5. The van der Waals surface area contributed by atoms with E-state index in [2.05, 4.69) is 72.4 Å². The van der Waals surface area contributed by atoms with Crippen LogP contribution in [0.1, 0.15) is 12.8 Å². The average molecular weight is 418 g/mol. The minimum Gasteiger partial charge on any atom is -0.375 e. The van der Waals surface area contributed by atoms with Gasteiger partial charge in [0, 0.05) is 50.6 Å². The van der Waals surface area contributed by atoms with Crippen molar-refractivity contribution in [3.05, 3.63) is 72.0 Å². The van der Waals surface area contributed by atoms with Crippen molar-refractivity contribution in [3.63, 3.8) is 0 Å². The maximum Gasteiger partial charge on any atom is 0.0360 e. The van der Waals surface area contributed by atoms with Crippen molar-refractivity contribution in [1.82, 2.24) is 9.80 Å². The topological polar surface area (TPSA) is 18.8 Å². The highest BCUT2D eigenvalue weighted by atomic mass is 33.1. The van der Waals surface area contributed by atoms with Crippen LogP contribution >= 0.6 is 21.6 Å². The van der Waals surface area contributed by atoms with E-state index in [4.69, 9.17) is 0 Å². The Morgan fingerprint density at radius 3 is 2.50 bits per heavy atom. The van der Waals surface area contributed by atoms with Gasteiger partial charge in [0.25, 0.3) is 0 Å². The van der Waals surface area contributed by atoms with E-state index < -0.39 is 0 Å². The largest absolute Gasteiger partial charge is 0.375 e. The Morgan fingerprint density at radius 1 is 0.964 bits per heavy atom. The van der Waals surface area contributed by atoms with Crippen molar-refractivity contribution >= 4 is 27.8 Å². The standard InChI is InChI=1S/C23H35N3S2/c1-24-17-9-7-5-6-8-12-22-13-10-14-23(16-15-22)26(4)18-11-20-27-28-21-19-25(2)3/h5-10,12,14-17H,11,13,18-21H2,1-4H3/b6-5+,9-7-,12-8+,24-17+. The number of hydrogen-bond acceptors (Lipinski definition) is 5. The van der Waals surface area contributed by atoms with Crippen molar-refractivity contribution < 1.29 is 0 Å². The van der Waals surface area contributed by atoms with Gasteiger partial charge in [-0.1, -0.05) is 64.1 Å². The second-order valence-corrected chi connectivity index (χ2v) is 9.40. The van der Waals surface area contributed by atoms with Gasteiger partial charge >= 0.3 is 0 Å². The Bertz CT molecular complexity index is 626. The van der Waals surface area contributed by atoms with Gasteiger partial charge in [0.1, 0.15) is 0 Å². The van der Waals surface area contributed by atoms with Crippen LogP contribution in [0.2, 0.25) is 0 Å². The zero-order valence-electron chi connectivity index (χ0n) is 17.8. The summed E-state index contributed by atoms with van der Waals surface area (Å²) in [5.41, 5.74) is 2.60. The summed E-state index contributed by atoms with van der Waals surface area (Å²) < 4.78 is 0. The van der Waals surface area contributed by atoms with Gasteiger partial charge in [0.15, 0.2) is 0 Å². The van der Waals surface area contributed by atoms with Gasteiger partial charge in [0.05, 0.1) is 0 Å². The SMILES string of the molecule is C/N=C/C=C\C=C\C=C\C1=CC=C(N(C)CCCSSCCN(C)C)C=CC1. The van der Waals surface area contributed by atoms with Crippen molar-refractivity contribution in [2.45, 2.75) is 12.8 Å². The zero-order valence-corrected chi connectivity index (χ0v) is 19.4. The highest BCUT2D eigenvalue weighted by Gasteiger charge is 2.03. The molecule has 1 aliphatic carbocycles. The first-order valence-electron chi connectivity index (χ1n) is 9.73. The van der Waals surface area contributed by atoms with Crippen molar-refractivity contribution in [2.75, 3.05) is 52.8 Å². The highest BCUT2D eigenvalue weighted by molar-refractivity contribution is 8.76. The molecule has 0 aromatic carbocycles. The molecule has 0 atom stereocenters. The highest BCUT2D eigenvalue weighted by Crippen LogP contribution is 2.22. The van der Waals surface area contributed by atoms with E-state index in [1.54, 1.807) is 13.3 Å². The summed E-state index contributed by atoms with van der Waals surface area (Å²) >= 11 is 0. The third-order valence-electron chi connectivity index (χ3n) is 3.97. The molecule has 0 N–H and O–H groups in total. The van der Waals surface area contributed by atoms with Crippen LogP contribution in [0.5, 0.6) is 0 Å². The van der Waals surface area contributed by atoms with Crippen LogP contribution in [0, 0.1) is 0 Å². The van der Waals surface area contributed by atoms with E-state index in [9.17, 15) is 0 Å². The summed E-state index contributed by atoms with van der Waals surface area (Å²) in [5, 5.41) is 0. The van der Waals surface area contributed by atoms with Gasteiger partial charge in [0.2, 0.25) is 0 Å². The van der Waals surface area contributed by atoms with E-state index >= 15 is 0 Å². The lowest BCUT2D eigenvalue weighted by Gasteiger charge is -2.19. The Balaban J connectivity index is 2.35. The van der Waals surface area contributed by atoms with Gasteiger partial charge in [-0.25, -0.2) is 0 Å². The molecule has 1 aliphatic rings. The first-order valence-corrected chi connectivity index (χ1v) is 12.2. The predicted octanol–water partition coefficient (Wildman–Crippen LogP) is 5.39. The molecular formula is C23H35N3S2. The molecule has 0 aromatic heterocycles. The molecule has 154 valence electrons. The molecule has 0 unspecified atom stereocenters. The average Bonchev–Trinajstić information content (AvgIpc) is 2.92. The molecule has 0 amide bonds. The number of allylic oxidation sites excluding steroid dienone is 11. The van der Waals surface area contributed by atoms with Gasteiger partial charge in [-0.15, -0.1) is 0 Å². The number of nitrogens with zero attached hydrogens (tertiary/aromatic N) is 3. The van der Waals surface area contributed by atoms with Crippen LogP contribution in [0.25, 0.3) is 0 Å². The van der Waals surface area contributed by atoms with E-state index in [0.29, 0.717) is 0 Å². The molecule has 3 nitrogen and oxygen atoms in total. The Morgan fingerprint density at radius 2 is 1.71 bits per heavy atom. The molecule has 28 heavy (non-hydrogen) atoms. The molecular weight excluding hydrogens is 382 g/mol. The molecule has 0 heterocycles. The molecule has 1 rings (SSSR count). The van der Waals surface area contributed by atoms with E-state index in [1.807, 2.05) is 45.9 Å². The van der Waals surface area contributed by atoms with Gasteiger partial charge in [-0.3, -0.25) is 4.99 Å². The fourth-order valence-corrected chi connectivity index (χ4v) is 4.55. The van der Waals surface area contributed by atoms with E-state index in [0.717, 1.165) is 19.5 Å². The summed E-state index contributed by atoms with van der Waals surface area (Å²) in [7, 11) is 12.2. The molecule has 0 aliphatic heterocycles. The molecule has 5 heteroatoms. The lowest BCUT2D eigenvalue weighted by Crippen LogP contribution is -2.18. The van der Waals surface area contributed by atoms with Crippen LogP contribution in [-0.4, -0.2) is 68.8 Å². The quantitative estimate of drug-likeness (QED) is 0.173. The van der Waals surface area contributed by atoms with Crippen LogP contribution in [0.3, 0.4) is 0 Å². The van der Waals surface area contributed by atoms with Crippen LogP contribution < -0.4 is 0 Å². The lowest BCUT2D eigenvalue weighted by molar-refractivity contribution is 0.431. The fourth-order valence-electron chi connectivity index (χ4n) is 2.34. The summed E-state index contributed by atoms with van der Waals surface area (Å²) in [6.07, 6.45) is 25.1. The number of aliphatic imine (C=N–C) groups is 1. The summed E-state index contributed by atoms with van der Waals surface area (Å²) in [5.74, 6) is 2.40. The van der Waals surface area contributed by atoms with Crippen LogP contribution in [0.4, 0.5) is 0 Å². The van der Waals surface area contributed by atoms with E-state index in [1.165, 1.54) is 29.2 Å². The number of hydrogen-bond donors (Lipinski definition) is 0. The third kappa shape index (κ3) is 12.9. The maximum absolute atomic E-state index is 3.90. The second-order valence-electron chi connectivity index (χ2n) is 6.70. The Labute approximate surface area is 180 Å². The van der Waals surface area contributed by atoms with Crippen LogP contribution in [0.15, 0.2) is 77.0 Å². The van der Waals surface area contributed by atoms with Gasteiger partial charge in [-0.2, -0.15) is 0 Å².